The molecule has 1 aliphatic rings. The van der Waals surface area contributed by atoms with E-state index in [1.54, 1.807) is 19.2 Å². The average Bonchev–Trinajstić information content (AvgIpc) is 2.86. The van der Waals surface area contributed by atoms with Crippen LogP contribution in [0.4, 0.5) is 0 Å². The maximum Gasteiger partial charge on any atom is 0.240 e. The van der Waals surface area contributed by atoms with Gasteiger partial charge in [-0.3, -0.25) is 0 Å². The van der Waals surface area contributed by atoms with Crippen LogP contribution in [-0.2, 0) is 21.2 Å². The van der Waals surface area contributed by atoms with Gasteiger partial charge in [0.1, 0.15) is 0 Å². The van der Waals surface area contributed by atoms with Crippen LogP contribution in [0.25, 0.3) is 0 Å². The molecule has 0 aliphatic heterocycles. The summed E-state index contributed by atoms with van der Waals surface area (Å²) >= 11 is 0. The van der Waals surface area contributed by atoms with Crippen LogP contribution in [0.1, 0.15) is 24.8 Å². The van der Waals surface area contributed by atoms with Gasteiger partial charge in [0.15, 0.2) is 0 Å². The molecule has 1 aromatic carbocycles. The van der Waals surface area contributed by atoms with Gasteiger partial charge in [0.05, 0.1) is 23.5 Å². The third-order valence-corrected chi connectivity index (χ3v) is 5.08. The summed E-state index contributed by atoms with van der Waals surface area (Å²) in [5.74, 6) is 0. The molecular formula is C14H18N2O3S. The summed E-state index contributed by atoms with van der Waals surface area (Å²) in [5.41, 5.74) is 0.807. The third kappa shape index (κ3) is 3.37. The fourth-order valence-corrected chi connectivity index (χ4v) is 3.79. The second-order valence-corrected chi connectivity index (χ2v) is 6.63. The average molecular weight is 294 g/mol. The van der Waals surface area contributed by atoms with Gasteiger partial charge in [0.2, 0.25) is 10.0 Å². The van der Waals surface area contributed by atoms with Gasteiger partial charge in [0, 0.05) is 13.2 Å². The van der Waals surface area contributed by atoms with Gasteiger partial charge in [0.25, 0.3) is 0 Å². The van der Waals surface area contributed by atoms with Crippen LogP contribution in [0.3, 0.4) is 0 Å². The first kappa shape index (κ1) is 15.0. The highest BCUT2D eigenvalue weighted by molar-refractivity contribution is 7.89. The Morgan fingerprint density at radius 2 is 2.05 bits per heavy atom. The standard InChI is InChI=1S/C14H18N2O3S/c1-19-14-4-2-3-13(14)16-20(17,18)12-7-5-11(6-8-12)9-10-15/h5-8,13-14,16H,2-4,9H2,1H3. The van der Waals surface area contributed by atoms with Crippen molar-refractivity contribution in [3.05, 3.63) is 29.8 Å². The molecule has 0 aromatic heterocycles. The van der Waals surface area contributed by atoms with E-state index in [0.29, 0.717) is 0 Å². The van der Waals surface area contributed by atoms with Gasteiger partial charge in [-0.05, 0) is 37.0 Å². The lowest BCUT2D eigenvalue weighted by Gasteiger charge is -2.19. The first-order valence-corrected chi connectivity index (χ1v) is 8.06. The molecule has 0 spiro atoms. The highest BCUT2D eigenvalue weighted by atomic mass is 32.2. The Balaban J connectivity index is 2.12. The topological polar surface area (TPSA) is 79.2 Å². The van der Waals surface area contributed by atoms with Crippen molar-refractivity contribution in [3.63, 3.8) is 0 Å². The SMILES string of the molecule is COC1CCCC1NS(=O)(=O)c1ccc(CC#N)cc1. The molecule has 0 saturated heterocycles. The summed E-state index contributed by atoms with van der Waals surface area (Å²) in [6.45, 7) is 0. The van der Waals surface area contributed by atoms with Crippen molar-refractivity contribution in [2.45, 2.75) is 42.7 Å². The zero-order valence-corrected chi connectivity index (χ0v) is 12.2. The van der Waals surface area contributed by atoms with Crippen molar-refractivity contribution in [1.29, 1.82) is 5.26 Å². The molecule has 0 radical (unpaired) electrons. The van der Waals surface area contributed by atoms with Gasteiger partial charge >= 0.3 is 0 Å². The number of nitriles is 1. The molecule has 2 unspecified atom stereocenters. The van der Waals surface area contributed by atoms with E-state index in [-0.39, 0.29) is 23.5 Å². The molecule has 0 heterocycles. The van der Waals surface area contributed by atoms with Gasteiger partial charge in [-0.2, -0.15) is 5.26 Å². The Morgan fingerprint density at radius 3 is 2.65 bits per heavy atom. The van der Waals surface area contributed by atoms with E-state index in [1.165, 1.54) is 12.1 Å². The highest BCUT2D eigenvalue weighted by Crippen LogP contribution is 2.23. The van der Waals surface area contributed by atoms with Gasteiger partial charge in [-0.25, -0.2) is 13.1 Å². The molecule has 2 atom stereocenters. The van der Waals surface area contributed by atoms with E-state index in [2.05, 4.69) is 4.72 Å². The van der Waals surface area contributed by atoms with E-state index in [4.69, 9.17) is 10.00 Å². The number of sulfonamides is 1. The van der Waals surface area contributed by atoms with Crippen LogP contribution in [0.15, 0.2) is 29.2 Å². The molecule has 6 heteroatoms. The first-order valence-electron chi connectivity index (χ1n) is 6.58. The van der Waals surface area contributed by atoms with Crippen molar-refractivity contribution in [2.24, 2.45) is 0 Å². The van der Waals surface area contributed by atoms with Gasteiger partial charge < -0.3 is 4.74 Å². The summed E-state index contributed by atoms with van der Waals surface area (Å²) in [6, 6.07) is 8.27. The van der Waals surface area contributed by atoms with Crippen molar-refractivity contribution < 1.29 is 13.2 Å². The summed E-state index contributed by atoms with van der Waals surface area (Å²) < 4.78 is 32.6. The molecule has 1 fully saturated rings. The normalized spacial score (nSPS) is 22.6. The number of benzene rings is 1. The minimum atomic E-state index is -3.53. The predicted molar refractivity (Wildman–Crippen MR) is 74.5 cm³/mol. The minimum Gasteiger partial charge on any atom is -0.380 e. The van der Waals surface area contributed by atoms with Crippen LogP contribution >= 0.6 is 0 Å². The molecule has 0 amide bonds. The van der Waals surface area contributed by atoms with Crippen LogP contribution < -0.4 is 4.72 Å². The molecule has 1 N–H and O–H groups in total. The number of methoxy groups -OCH3 is 1. The lowest BCUT2D eigenvalue weighted by atomic mass is 10.2. The Bertz CT molecular complexity index is 590. The maximum atomic E-state index is 12.3. The Hall–Kier alpha value is -1.42. The molecule has 2 rings (SSSR count). The zero-order chi connectivity index (χ0) is 14.6. The second kappa shape index (κ2) is 6.35. The van der Waals surface area contributed by atoms with E-state index in [0.717, 1.165) is 24.8 Å². The van der Waals surface area contributed by atoms with E-state index in [9.17, 15) is 8.42 Å². The van der Waals surface area contributed by atoms with Crippen molar-refractivity contribution in [1.82, 2.24) is 4.72 Å². The summed E-state index contributed by atoms with van der Waals surface area (Å²) in [4.78, 5) is 0.223. The quantitative estimate of drug-likeness (QED) is 0.894. The van der Waals surface area contributed by atoms with Crippen molar-refractivity contribution >= 4 is 10.0 Å². The van der Waals surface area contributed by atoms with E-state index < -0.39 is 10.0 Å². The lowest BCUT2D eigenvalue weighted by Crippen LogP contribution is -2.40. The molecule has 1 saturated carbocycles. The maximum absolute atomic E-state index is 12.3. The smallest absolute Gasteiger partial charge is 0.240 e. The van der Waals surface area contributed by atoms with Crippen LogP contribution in [-0.4, -0.2) is 27.7 Å². The van der Waals surface area contributed by atoms with Crippen LogP contribution in [0.2, 0.25) is 0 Å². The zero-order valence-electron chi connectivity index (χ0n) is 11.4. The Kier molecular flexibility index (Phi) is 4.76. The first-order chi connectivity index (χ1) is 9.56. The second-order valence-electron chi connectivity index (χ2n) is 4.91. The van der Waals surface area contributed by atoms with Gasteiger partial charge in [-0.1, -0.05) is 12.1 Å². The fourth-order valence-electron chi connectivity index (χ4n) is 2.49. The van der Waals surface area contributed by atoms with Crippen molar-refractivity contribution in [2.75, 3.05) is 7.11 Å². The molecule has 108 valence electrons. The molecular weight excluding hydrogens is 276 g/mol. The number of nitrogens with one attached hydrogen (secondary N) is 1. The number of rotatable bonds is 5. The van der Waals surface area contributed by atoms with Gasteiger partial charge in [-0.15, -0.1) is 0 Å². The van der Waals surface area contributed by atoms with Crippen molar-refractivity contribution in [3.8, 4) is 6.07 Å². The van der Waals surface area contributed by atoms with E-state index in [1.807, 2.05) is 6.07 Å². The summed E-state index contributed by atoms with van der Waals surface area (Å²) in [7, 11) is -1.93. The Morgan fingerprint density at radius 1 is 1.35 bits per heavy atom. The largest absolute Gasteiger partial charge is 0.380 e. The summed E-state index contributed by atoms with van der Waals surface area (Å²) in [6.07, 6.45) is 2.87. The number of nitrogens with zero attached hydrogens (tertiary/aromatic N) is 1. The molecule has 0 bridgehead atoms. The molecule has 5 nitrogen and oxygen atoms in total. The lowest BCUT2D eigenvalue weighted by molar-refractivity contribution is 0.0916. The summed E-state index contributed by atoms with van der Waals surface area (Å²) in [5, 5.41) is 8.60. The number of hydrogen-bond acceptors (Lipinski definition) is 4. The highest BCUT2D eigenvalue weighted by Gasteiger charge is 2.31. The monoisotopic (exact) mass is 294 g/mol. The third-order valence-electron chi connectivity index (χ3n) is 3.58. The van der Waals surface area contributed by atoms with Crippen LogP contribution in [0.5, 0.6) is 0 Å². The Labute approximate surface area is 119 Å². The minimum absolute atomic E-state index is 0.0531. The number of ether oxygens (including phenoxy) is 1. The molecule has 1 aliphatic carbocycles. The predicted octanol–water partition coefficient (Wildman–Crippen LogP) is 1.60. The fraction of sp³-hybridized carbons (Fsp3) is 0.500. The van der Waals surface area contributed by atoms with E-state index >= 15 is 0 Å². The number of hydrogen-bond donors (Lipinski definition) is 1. The molecule has 20 heavy (non-hydrogen) atoms. The molecule has 1 aromatic rings. The van der Waals surface area contributed by atoms with Crippen LogP contribution in [0, 0.1) is 11.3 Å².